The molecule has 0 aliphatic heterocycles. The highest BCUT2D eigenvalue weighted by atomic mass is 32.2. The van der Waals surface area contributed by atoms with Gasteiger partial charge in [-0.15, -0.1) is 0 Å². The summed E-state index contributed by atoms with van der Waals surface area (Å²) in [6.45, 7) is 4.31. The molecule has 3 aromatic carbocycles. The van der Waals surface area contributed by atoms with E-state index in [9.17, 15) is 8.42 Å². The van der Waals surface area contributed by atoms with Crippen LogP contribution in [0.15, 0.2) is 63.9 Å². The molecule has 0 unspecified atom stereocenters. The molecule has 4 nitrogen and oxygen atoms in total. The lowest BCUT2D eigenvalue weighted by atomic mass is 9.87. The lowest BCUT2D eigenvalue weighted by Gasteiger charge is -2.17. The van der Waals surface area contributed by atoms with Crippen LogP contribution in [0.5, 0.6) is 0 Å². The van der Waals surface area contributed by atoms with Crippen LogP contribution in [0, 0.1) is 5.92 Å². The number of fused-ring (bicyclic) bond motifs is 5. The van der Waals surface area contributed by atoms with Gasteiger partial charge in [-0.1, -0.05) is 50.2 Å². The van der Waals surface area contributed by atoms with E-state index in [1.807, 2.05) is 42.5 Å². The lowest BCUT2D eigenvalue weighted by Crippen LogP contribution is -2.13. The van der Waals surface area contributed by atoms with E-state index in [1.54, 1.807) is 12.1 Å². The van der Waals surface area contributed by atoms with E-state index in [2.05, 4.69) is 18.6 Å². The predicted molar refractivity (Wildman–Crippen MR) is 122 cm³/mol. The summed E-state index contributed by atoms with van der Waals surface area (Å²) >= 11 is 0. The van der Waals surface area contributed by atoms with Gasteiger partial charge in [-0.3, -0.25) is 4.72 Å². The summed E-state index contributed by atoms with van der Waals surface area (Å²) < 4.78 is 35.4. The van der Waals surface area contributed by atoms with Crippen molar-refractivity contribution in [3.63, 3.8) is 0 Å². The molecule has 1 aliphatic carbocycles. The molecule has 0 amide bonds. The van der Waals surface area contributed by atoms with E-state index in [1.165, 1.54) is 5.56 Å². The summed E-state index contributed by atoms with van der Waals surface area (Å²) in [5.41, 5.74) is 3.79. The Bertz CT molecular complexity index is 1350. The average molecular weight is 420 g/mol. The van der Waals surface area contributed by atoms with Crippen LogP contribution in [0.4, 0.5) is 5.69 Å². The van der Waals surface area contributed by atoms with Crippen molar-refractivity contribution in [2.75, 3.05) is 4.72 Å². The van der Waals surface area contributed by atoms with Gasteiger partial charge in [-0.25, -0.2) is 8.42 Å². The number of furan rings is 1. The van der Waals surface area contributed by atoms with Crippen molar-refractivity contribution in [1.29, 1.82) is 0 Å². The molecule has 4 aromatic rings. The average Bonchev–Trinajstić information content (AvgIpc) is 3.11. The highest BCUT2D eigenvalue weighted by molar-refractivity contribution is 7.92. The Hall–Kier alpha value is -2.79. The first-order valence-electron chi connectivity index (χ1n) is 10.5. The maximum Gasteiger partial charge on any atom is 0.261 e. The van der Waals surface area contributed by atoms with Crippen molar-refractivity contribution in [2.45, 2.75) is 44.4 Å². The molecule has 1 heterocycles. The molecule has 1 atom stereocenters. The van der Waals surface area contributed by atoms with Gasteiger partial charge in [0.05, 0.1) is 10.6 Å². The van der Waals surface area contributed by atoms with Crippen LogP contribution in [0.1, 0.15) is 37.2 Å². The lowest BCUT2D eigenvalue weighted by molar-refractivity contribution is 0.439. The zero-order valence-electron chi connectivity index (χ0n) is 17.2. The Labute approximate surface area is 177 Å². The summed E-state index contributed by atoms with van der Waals surface area (Å²) in [7, 11) is -3.69. The molecule has 0 radical (unpaired) electrons. The Balaban J connectivity index is 1.66. The van der Waals surface area contributed by atoms with Gasteiger partial charge in [0.25, 0.3) is 10.0 Å². The van der Waals surface area contributed by atoms with Crippen LogP contribution in [-0.4, -0.2) is 8.42 Å². The molecule has 1 aromatic heterocycles. The summed E-state index contributed by atoms with van der Waals surface area (Å²) in [4.78, 5) is 0.270. The molecule has 0 fully saturated rings. The number of hydrogen-bond acceptors (Lipinski definition) is 3. The first-order valence-corrected chi connectivity index (χ1v) is 12.0. The van der Waals surface area contributed by atoms with E-state index in [4.69, 9.17) is 4.42 Å². The molecule has 0 saturated heterocycles. The SMILES string of the molecule is CCc1ccc(S(=O)(=O)Nc2cc3c4c(oc3c3ccccc23)CC[C@@H](C)C4)cc1. The Morgan fingerprint density at radius 2 is 1.77 bits per heavy atom. The van der Waals surface area contributed by atoms with E-state index in [0.717, 1.165) is 58.7 Å². The van der Waals surface area contributed by atoms with Gasteiger partial charge >= 0.3 is 0 Å². The second-order valence-corrected chi connectivity index (χ2v) is 9.98. The maximum atomic E-state index is 13.1. The maximum absolute atomic E-state index is 13.1. The standard InChI is InChI=1S/C25H25NO3S/c1-3-17-9-11-18(12-10-17)30(27,28)26-23-15-22-21-14-16(2)8-13-24(21)29-25(22)20-7-5-4-6-19(20)23/h4-7,9-12,15-16,26H,3,8,13-14H2,1-2H3/t16-/m1/s1. The minimum atomic E-state index is -3.69. The number of rotatable bonds is 4. The Kier molecular flexibility index (Phi) is 4.58. The van der Waals surface area contributed by atoms with Gasteiger partial charge in [0.2, 0.25) is 0 Å². The van der Waals surface area contributed by atoms with Crippen LogP contribution in [-0.2, 0) is 29.3 Å². The summed E-state index contributed by atoms with van der Waals surface area (Å²) in [5, 5.41) is 2.81. The minimum Gasteiger partial charge on any atom is -0.460 e. The number of aryl methyl sites for hydroxylation is 2. The second kappa shape index (κ2) is 7.17. The quantitative estimate of drug-likeness (QED) is 0.436. The smallest absolute Gasteiger partial charge is 0.261 e. The molecular formula is C25H25NO3S. The largest absolute Gasteiger partial charge is 0.460 e. The van der Waals surface area contributed by atoms with Crippen LogP contribution < -0.4 is 4.72 Å². The van der Waals surface area contributed by atoms with Crippen molar-refractivity contribution in [2.24, 2.45) is 5.92 Å². The fraction of sp³-hybridized carbons (Fsp3) is 0.280. The van der Waals surface area contributed by atoms with E-state index < -0.39 is 10.0 Å². The molecule has 30 heavy (non-hydrogen) atoms. The molecular weight excluding hydrogens is 394 g/mol. The van der Waals surface area contributed by atoms with Gasteiger partial charge < -0.3 is 4.42 Å². The summed E-state index contributed by atoms with van der Waals surface area (Å²) in [5.74, 6) is 1.64. The molecule has 1 N–H and O–H groups in total. The second-order valence-electron chi connectivity index (χ2n) is 8.30. The highest BCUT2D eigenvalue weighted by Crippen LogP contribution is 2.40. The van der Waals surface area contributed by atoms with Gasteiger partial charge in [-0.05, 0) is 48.9 Å². The Morgan fingerprint density at radius 1 is 1.03 bits per heavy atom. The van der Waals surface area contributed by atoms with Crippen molar-refractivity contribution >= 4 is 37.5 Å². The van der Waals surface area contributed by atoms with Gasteiger partial charge in [0.15, 0.2) is 0 Å². The van der Waals surface area contributed by atoms with Crippen LogP contribution in [0.2, 0.25) is 0 Å². The van der Waals surface area contributed by atoms with E-state index in [-0.39, 0.29) is 4.90 Å². The van der Waals surface area contributed by atoms with E-state index >= 15 is 0 Å². The monoisotopic (exact) mass is 419 g/mol. The fourth-order valence-corrected chi connectivity index (χ4v) is 5.53. The van der Waals surface area contributed by atoms with Crippen LogP contribution in [0.3, 0.4) is 0 Å². The molecule has 1 aliphatic rings. The Morgan fingerprint density at radius 3 is 2.50 bits per heavy atom. The summed E-state index contributed by atoms with van der Waals surface area (Å²) in [6, 6.07) is 16.9. The van der Waals surface area contributed by atoms with Gasteiger partial charge in [0.1, 0.15) is 11.3 Å². The first-order chi connectivity index (χ1) is 14.5. The normalized spacial score (nSPS) is 16.7. The molecule has 5 heteroatoms. The van der Waals surface area contributed by atoms with Crippen molar-refractivity contribution in [1.82, 2.24) is 0 Å². The number of nitrogens with one attached hydrogen (secondary N) is 1. The van der Waals surface area contributed by atoms with Crippen molar-refractivity contribution in [3.05, 3.63) is 71.5 Å². The van der Waals surface area contributed by atoms with Crippen LogP contribution >= 0.6 is 0 Å². The van der Waals surface area contributed by atoms with E-state index in [0.29, 0.717) is 11.6 Å². The molecule has 0 saturated carbocycles. The number of hydrogen-bond donors (Lipinski definition) is 1. The van der Waals surface area contributed by atoms with Crippen molar-refractivity contribution in [3.8, 4) is 0 Å². The number of benzene rings is 3. The summed E-state index contributed by atoms with van der Waals surface area (Å²) in [6.07, 6.45) is 3.90. The third kappa shape index (κ3) is 3.18. The fourth-order valence-electron chi connectivity index (χ4n) is 4.46. The van der Waals surface area contributed by atoms with Crippen molar-refractivity contribution < 1.29 is 12.8 Å². The highest BCUT2D eigenvalue weighted by Gasteiger charge is 2.25. The topological polar surface area (TPSA) is 59.3 Å². The molecule has 154 valence electrons. The van der Waals surface area contributed by atoms with Gasteiger partial charge in [0, 0.05) is 28.1 Å². The zero-order valence-corrected chi connectivity index (χ0v) is 18.1. The first kappa shape index (κ1) is 19.2. The molecule has 0 bridgehead atoms. The minimum absolute atomic E-state index is 0.270. The zero-order chi connectivity index (χ0) is 20.9. The molecule has 5 rings (SSSR count). The van der Waals surface area contributed by atoms with Gasteiger partial charge in [-0.2, -0.15) is 0 Å². The predicted octanol–water partition coefficient (Wildman–Crippen LogP) is 6.07. The third-order valence-electron chi connectivity index (χ3n) is 6.19. The number of sulfonamides is 1. The van der Waals surface area contributed by atoms with Crippen LogP contribution in [0.25, 0.3) is 21.7 Å². The third-order valence-corrected chi connectivity index (χ3v) is 7.57. The molecule has 0 spiro atoms. The number of anilines is 1.